The Kier molecular flexibility index (Phi) is 12.0. The largest absolute Gasteiger partial charge is 0.450 e. The summed E-state index contributed by atoms with van der Waals surface area (Å²) in [4.78, 5) is 25.1. The molecule has 1 N–H and O–H groups in total. The van der Waals surface area contributed by atoms with E-state index >= 15 is 0 Å². The molecule has 2 aliphatic rings. The fourth-order valence-corrected chi connectivity index (χ4v) is 3.47. The molecule has 2 rings (SSSR count). The molecule has 2 saturated heterocycles. The zero-order chi connectivity index (χ0) is 18.8. The Morgan fingerprint density at radius 3 is 2.41 bits per heavy atom. The van der Waals surface area contributed by atoms with Crippen LogP contribution in [-0.4, -0.2) is 118 Å². The van der Waals surface area contributed by atoms with E-state index in [9.17, 15) is 4.79 Å². The highest BCUT2D eigenvalue weighted by molar-refractivity contribution is 14.0. The SMILES string of the molecule is CCOC(=O)N1CCN(C(=NC)NCCCN2CCCN(C)CC2)CC1.I. The van der Waals surface area contributed by atoms with Gasteiger partial charge in [0.25, 0.3) is 0 Å². The molecule has 0 saturated carbocycles. The number of amides is 1. The Hall–Kier alpha value is -0.810. The Morgan fingerprint density at radius 1 is 1.04 bits per heavy atom. The Labute approximate surface area is 181 Å². The molecule has 0 aliphatic carbocycles. The van der Waals surface area contributed by atoms with Crippen LogP contribution in [0.3, 0.4) is 0 Å². The van der Waals surface area contributed by atoms with Crippen LogP contribution in [0.5, 0.6) is 0 Å². The molecule has 1 amide bonds. The normalized spacial score (nSPS) is 20.0. The highest BCUT2D eigenvalue weighted by Gasteiger charge is 2.23. The van der Waals surface area contributed by atoms with Gasteiger partial charge in [-0.3, -0.25) is 4.99 Å². The third-order valence-electron chi connectivity index (χ3n) is 5.06. The number of carbonyl (C=O) groups excluding carboxylic acids is 1. The van der Waals surface area contributed by atoms with Gasteiger partial charge in [0.1, 0.15) is 0 Å². The van der Waals surface area contributed by atoms with Gasteiger partial charge in [-0.05, 0) is 46.4 Å². The maximum absolute atomic E-state index is 11.8. The van der Waals surface area contributed by atoms with Crippen molar-refractivity contribution in [2.24, 2.45) is 4.99 Å². The lowest BCUT2D eigenvalue weighted by atomic mass is 10.3. The van der Waals surface area contributed by atoms with Crippen LogP contribution in [-0.2, 0) is 4.74 Å². The standard InChI is InChI=1S/C18H36N6O2.HI/c1-4-26-18(25)24-15-13-23(14-16-24)17(19-2)20-7-5-9-22-10-6-8-21(3)11-12-22;/h4-16H2,1-3H3,(H,19,20);1H. The van der Waals surface area contributed by atoms with Crippen molar-refractivity contribution in [3.63, 3.8) is 0 Å². The van der Waals surface area contributed by atoms with E-state index in [0.717, 1.165) is 38.6 Å². The Balaban J connectivity index is 0.00000364. The number of halogens is 1. The van der Waals surface area contributed by atoms with Crippen LogP contribution in [0.2, 0.25) is 0 Å². The van der Waals surface area contributed by atoms with Crippen LogP contribution in [0.25, 0.3) is 0 Å². The van der Waals surface area contributed by atoms with E-state index in [4.69, 9.17) is 4.74 Å². The third kappa shape index (κ3) is 8.39. The second kappa shape index (κ2) is 13.4. The van der Waals surface area contributed by atoms with Gasteiger partial charge in [0.05, 0.1) is 6.61 Å². The van der Waals surface area contributed by atoms with Crippen molar-refractivity contribution in [2.45, 2.75) is 19.8 Å². The van der Waals surface area contributed by atoms with Crippen LogP contribution in [0.4, 0.5) is 4.79 Å². The molecular formula is C18H37IN6O2. The summed E-state index contributed by atoms with van der Waals surface area (Å²) in [5.74, 6) is 0.934. The summed E-state index contributed by atoms with van der Waals surface area (Å²) in [6.07, 6.45) is 2.17. The minimum atomic E-state index is -0.210. The summed E-state index contributed by atoms with van der Waals surface area (Å²) in [7, 11) is 4.03. The van der Waals surface area contributed by atoms with Crippen molar-refractivity contribution in [3.05, 3.63) is 0 Å². The number of rotatable bonds is 5. The van der Waals surface area contributed by atoms with Gasteiger partial charge in [-0.1, -0.05) is 0 Å². The van der Waals surface area contributed by atoms with Crippen LogP contribution in [0.1, 0.15) is 19.8 Å². The maximum Gasteiger partial charge on any atom is 0.409 e. The van der Waals surface area contributed by atoms with E-state index in [1.54, 1.807) is 4.90 Å². The molecule has 0 spiro atoms. The smallest absolute Gasteiger partial charge is 0.409 e. The van der Waals surface area contributed by atoms with Gasteiger partial charge in [0.2, 0.25) is 0 Å². The Bertz CT molecular complexity index is 457. The predicted molar refractivity (Wildman–Crippen MR) is 120 cm³/mol. The van der Waals surface area contributed by atoms with Gasteiger partial charge < -0.3 is 29.7 Å². The number of piperazine rings is 1. The van der Waals surface area contributed by atoms with E-state index in [1.165, 1.54) is 32.6 Å². The fraction of sp³-hybridized carbons (Fsp3) is 0.889. The van der Waals surface area contributed by atoms with Crippen molar-refractivity contribution < 1.29 is 9.53 Å². The van der Waals surface area contributed by atoms with Crippen molar-refractivity contribution in [2.75, 3.05) is 86.1 Å². The molecule has 0 aromatic rings. The van der Waals surface area contributed by atoms with E-state index in [2.05, 4.69) is 32.1 Å². The second-order valence-electron chi connectivity index (χ2n) is 7.00. The van der Waals surface area contributed by atoms with Crippen LogP contribution in [0.15, 0.2) is 4.99 Å². The highest BCUT2D eigenvalue weighted by atomic mass is 127. The number of hydrogen-bond acceptors (Lipinski definition) is 5. The molecule has 2 aliphatic heterocycles. The zero-order valence-electron chi connectivity index (χ0n) is 17.2. The van der Waals surface area contributed by atoms with E-state index in [-0.39, 0.29) is 30.1 Å². The minimum Gasteiger partial charge on any atom is -0.450 e. The summed E-state index contributed by atoms with van der Waals surface area (Å²) in [6.45, 7) is 12.0. The molecule has 0 radical (unpaired) electrons. The van der Waals surface area contributed by atoms with Crippen LogP contribution < -0.4 is 5.32 Å². The fourth-order valence-electron chi connectivity index (χ4n) is 3.47. The summed E-state index contributed by atoms with van der Waals surface area (Å²) >= 11 is 0. The molecule has 0 unspecified atom stereocenters. The molecule has 0 atom stereocenters. The number of nitrogens with zero attached hydrogens (tertiary/aromatic N) is 5. The summed E-state index contributed by atoms with van der Waals surface area (Å²) in [6, 6.07) is 0. The zero-order valence-corrected chi connectivity index (χ0v) is 19.5. The number of likely N-dealkylation sites (N-methyl/N-ethyl adjacent to an activating group) is 1. The molecule has 0 aromatic carbocycles. The number of carbonyl (C=O) groups is 1. The predicted octanol–water partition coefficient (Wildman–Crippen LogP) is 0.982. The first kappa shape index (κ1) is 24.2. The van der Waals surface area contributed by atoms with Crippen LogP contribution >= 0.6 is 24.0 Å². The van der Waals surface area contributed by atoms with Crippen LogP contribution in [0, 0.1) is 0 Å². The van der Waals surface area contributed by atoms with Crippen molar-refractivity contribution >= 4 is 36.0 Å². The van der Waals surface area contributed by atoms with Gasteiger partial charge in [0.15, 0.2) is 5.96 Å². The molecule has 0 bridgehead atoms. The first-order chi connectivity index (χ1) is 12.6. The van der Waals surface area contributed by atoms with Crippen molar-refractivity contribution in [1.82, 2.24) is 24.9 Å². The molecule has 2 heterocycles. The summed E-state index contributed by atoms with van der Waals surface area (Å²) < 4.78 is 5.07. The lowest BCUT2D eigenvalue weighted by Crippen LogP contribution is -2.54. The quantitative estimate of drug-likeness (QED) is 0.265. The van der Waals surface area contributed by atoms with E-state index in [0.29, 0.717) is 19.7 Å². The maximum atomic E-state index is 11.8. The van der Waals surface area contributed by atoms with Gasteiger partial charge >= 0.3 is 6.09 Å². The average molecular weight is 496 g/mol. The molecule has 9 heteroatoms. The van der Waals surface area contributed by atoms with Gasteiger partial charge in [-0.25, -0.2) is 4.79 Å². The Morgan fingerprint density at radius 2 is 1.74 bits per heavy atom. The molecule has 2 fully saturated rings. The van der Waals surface area contributed by atoms with Gasteiger partial charge in [-0.2, -0.15) is 0 Å². The van der Waals surface area contributed by atoms with E-state index in [1.807, 2.05) is 14.0 Å². The third-order valence-corrected chi connectivity index (χ3v) is 5.06. The van der Waals surface area contributed by atoms with E-state index < -0.39 is 0 Å². The monoisotopic (exact) mass is 496 g/mol. The topological polar surface area (TPSA) is 63.7 Å². The van der Waals surface area contributed by atoms with Crippen molar-refractivity contribution in [3.8, 4) is 0 Å². The minimum absolute atomic E-state index is 0. The highest BCUT2D eigenvalue weighted by Crippen LogP contribution is 2.05. The van der Waals surface area contributed by atoms with Gasteiger partial charge in [0, 0.05) is 52.9 Å². The molecule has 8 nitrogen and oxygen atoms in total. The molecule has 27 heavy (non-hydrogen) atoms. The molecule has 158 valence electrons. The molecule has 0 aromatic heterocycles. The number of guanidine groups is 1. The number of aliphatic imine (C=N–C) groups is 1. The second-order valence-corrected chi connectivity index (χ2v) is 7.00. The lowest BCUT2D eigenvalue weighted by Gasteiger charge is -2.35. The number of hydrogen-bond donors (Lipinski definition) is 1. The number of ether oxygens (including phenoxy) is 1. The van der Waals surface area contributed by atoms with Gasteiger partial charge in [-0.15, -0.1) is 24.0 Å². The average Bonchev–Trinajstić information content (AvgIpc) is 2.86. The summed E-state index contributed by atoms with van der Waals surface area (Å²) in [5, 5.41) is 3.48. The summed E-state index contributed by atoms with van der Waals surface area (Å²) in [5.41, 5.74) is 0. The van der Waals surface area contributed by atoms with Crippen molar-refractivity contribution in [1.29, 1.82) is 0 Å². The first-order valence-electron chi connectivity index (χ1n) is 9.92. The lowest BCUT2D eigenvalue weighted by molar-refractivity contribution is 0.0914. The first-order valence-corrected chi connectivity index (χ1v) is 9.92. The number of nitrogens with one attached hydrogen (secondary N) is 1. The molecular weight excluding hydrogens is 459 g/mol.